The van der Waals surface area contributed by atoms with Crippen molar-refractivity contribution >= 4 is 22.6 Å². The highest BCUT2D eigenvalue weighted by atomic mass is 127. The zero-order valence-corrected chi connectivity index (χ0v) is 10.1. The number of aromatic nitrogens is 2. The number of hydrogen-bond acceptors (Lipinski definition) is 1. The molecule has 0 bridgehead atoms. The van der Waals surface area contributed by atoms with E-state index in [1.54, 1.807) is 0 Å². The standard InChI is InChI=1S/C11H11IN2/c1-2-11-10(12)8-13-14(11)9-6-4-3-5-7-9/h3-8H,2H2,1H3. The van der Waals surface area contributed by atoms with Gasteiger partial charge >= 0.3 is 0 Å². The van der Waals surface area contributed by atoms with Crippen LogP contribution in [0.2, 0.25) is 0 Å². The molecule has 1 aromatic heterocycles. The van der Waals surface area contributed by atoms with E-state index in [1.165, 1.54) is 9.26 Å². The minimum absolute atomic E-state index is 1.01. The first-order chi connectivity index (χ1) is 6.83. The summed E-state index contributed by atoms with van der Waals surface area (Å²) in [4.78, 5) is 0. The Hall–Kier alpha value is -0.840. The van der Waals surface area contributed by atoms with Crippen LogP contribution in [0, 0.1) is 3.57 Å². The van der Waals surface area contributed by atoms with E-state index >= 15 is 0 Å². The molecular formula is C11H11IN2. The fourth-order valence-electron chi connectivity index (χ4n) is 1.46. The summed E-state index contributed by atoms with van der Waals surface area (Å²) in [6.07, 6.45) is 2.92. The van der Waals surface area contributed by atoms with Crippen LogP contribution in [0.1, 0.15) is 12.6 Å². The highest BCUT2D eigenvalue weighted by Crippen LogP contribution is 2.16. The van der Waals surface area contributed by atoms with E-state index in [9.17, 15) is 0 Å². The average molecular weight is 298 g/mol. The molecule has 0 aliphatic rings. The van der Waals surface area contributed by atoms with Gasteiger partial charge < -0.3 is 0 Å². The lowest BCUT2D eigenvalue weighted by atomic mass is 10.3. The molecular weight excluding hydrogens is 287 g/mol. The van der Waals surface area contributed by atoms with Gasteiger partial charge in [-0.3, -0.25) is 0 Å². The number of para-hydroxylation sites is 1. The highest BCUT2D eigenvalue weighted by molar-refractivity contribution is 14.1. The Morgan fingerprint density at radius 1 is 1.29 bits per heavy atom. The summed E-state index contributed by atoms with van der Waals surface area (Å²) < 4.78 is 3.23. The van der Waals surface area contributed by atoms with Gasteiger partial charge in [-0.15, -0.1) is 0 Å². The molecule has 0 atom stereocenters. The van der Waals surface area contributed by atoms with Gasteiger partial charge in [0.2, 0.25) is 0 Å². The van der Waals surface area contributed by atoms with Gasteiger partial charge in [0, 0.05) is 0 Å². The number of hydrogen-bond donors (Lipinski definition) is 0. The van der Waals surface area contributed by atoms with Gasteiger partial charge in [-0.2, -0.15) is 5.10 Å². The first kappa shape index (κ1) is 9.71. The van der Waals surface area contributed by atoms with Crippen LogP contribution in [-0.2, 0) is 6.42 Å². The maximum Gasteiger partial charge on any atom is 0.0649 e. The monoisotopic (exact) mass is 298 g/mol. The summed E-state index contributed by atoms with van der Waals surface area (Å²) in [5.41, 5.74) is 2.41. The van der Waals surface area contributed by atoms with Crippen LogP contribution in [-0.4, -0.2) is 9.78 Å². The molecule has 0 radical (unpaired) electrons. The zero-order chi connectivity index (χ0) is 9.97. The fraction of sp³-hybridized carbons (Fsp3) is 0.182. The second-order valence-electron chi connectivity index (χ2n) is 3.04. The van der Waals surface area contributed by atoms with Crippen molar-refractivity contribution in [1.82, 2.24) is 9.78 Å². The third kappa shape index (κ3) is 1.68. The summed E-state index contributed by atoms with van der Waals surface area (Å²) in [5.74, 6) is 0. The molecule has 0 saturated heterocycles. The number of halogens is 1. The molecule has 14 heavy (non-hydrogen) atoms. The molecule has 1 aromatic carbocycles. The number of rotatable bonds is 2. The Balaban J connectivity index is 2.52. The van der Waals surface area contributed by atoms with Crippen LogP contribution in [0.15, 0.2) is 36.5 Å². The van der Waals surface area contributed by atoms with Crippen LogP contribution in [0.3, 0.4) is 0 Å². The molecule has 0 saturated carbocycles. The Bertz CT molecular complexity index is 420. The predicted octanol–water partition coefficient (Wildman–Crippen LogP) is 3.04. The van der Waals surface area contributed by atoms with Gasteiger partial charge in [-0.1, -0.05) is 25.1 Å². The quantitative estimate of drug-likeness (QED) is 0.779. The van der Waals surface area contributed by atoms with Crippen molar-refractivity contribution in [2.24, 2.45) is 0 Å². The molecule has 0 aliphatic carbocycles. The lowest BCUT2D eigenvalue weighted by Gasteiger charge is -2.05. The third-order valence-electron chi connectivity index (χ3n) is 2.15. The molecule has 1 heterocycles. The first-order valence-electron chi connectivity index (χ1n) is 4.60. The van der Waals surface area contributed by atoms with Gasteiger partial charge in [0.15, 0.2) is 0 Å². The topological polar surface area (TPSA) is 17.8 Å². The molecule has 0 N–H and O–H groups in total. The van der Waals surface area contributed by atoms with E-state index < -0.39 is 0 Å². The van der Waals surface area contributed by atoms with E-state index in [4.69, 9.17) is 0 Å². The molecule has 2 aromatic rings. The fourth-order valence-corrected chi connectivity index (χ4v) is 2.20. The van der Waals surface area contributed by atoms with Crippen LogP contribution in [0.4, 0.5) is 0 Å². The molecule has 2 nitrogen and oxygen atoms in total. The molecule has 0 amide bonds. The largest absolute Gasteiger partial charge is 0.237 e. The molecule has 0 unspecified atom stereocenters. The molecule has 0 fully saturated rings. The van der Waals surface area contributed by atoms with Gasteiger partial charge in [0.05, 0.1) is 21.1 Å². The van der Waals surface area contributed by atoms with E-state index in [-0.39, 0.29) is 0 Å². The normalized spacial score (nSPS) is 10.4. The minimum Gasteiger partial charge on any atom is -0.237 e. The van der Waals surface area contributed by atoms with Crippen molar-refractivity contribution in [2.45, 2.75) is 13.3 Å². The van der Waals surface area contributed by atoms with Crippen molar-refractivity contribution in [1.29, 1.82) is 0 Å². The maximum atomic E-state index is 4.37. The van der Waals surface area contributed by atoms with Crippen LogP contribution in [0.5, 0.6) is 0 Å². The summed E-state index contributed by atoms with van der Waals surface area (Å²) in [5, 5.41) is 4.37. The summed E-state index contributed by atoms with van der Waals surface area (Å²) in [7, 11) is 0. The van der Waals surface area contributed by atoms with Gasteiger partial charge in [0.1, 0.15) is 0 Å². The highest BCUT2D eigenvalue weighted by Gasteiger charge is 2.06. The number of nitrogens with zero attached hydrogens (tertiary/aromatic N) is 2. The van der Waals surface area contributed by atoms with Crippen molar-refractivity contribution in [3.05, 3.63) is 45.8 Å². The second-order valence-corrected chi connectivity index (χ2v) is 4.20. The lowest BCUT2D eigenvalue weighted by Crippen LogP contribution is -2.01. The smallest absolute Gasteiger partial charge is 0.0649 e. The van der Waals surface area contributed by atoms with Crippen LogP contribution < -0.4 is 0 Å². The summed E-state index contributed by atoms with van der Waals surface area (Å²) >= 11 is 2.32. The van der Waals surface area contributed by atoms with Crippen LogP contribution >= 0.6 is 22.6 Å². The predicted molar refractivity (Wildman–Crippen MR) is 65.7 cm³/mol. The molecule has 2 rings (SSSR count). The Morgan fingerprint density at radius 3 is 2.64 bits per heavy atom. The first-order valence-corrected chi connectivity index (χ1v) is 5.68. The van der Waals surface area contributed by atoms with Crippen molar-refractivity contribution < 1.29 is 0 Å². The SMILES string of the molecule is CCc1c(I)cnn1-c1ccccc1. The van der Waals surface area contributed by atoms with Gasteiger partial charge in [0.25, 0.3) is 0 Å². The van der Waals surface area contributed by atoms with E-state index in [0.717, 1.165) is 12.1 Å². The summed E-state index contributed by atoms with van der Waals surface area (Å²) in [6, 6.07) is 10.2. The van der Waals surface area contributed by atoms with Gasteiger partial charge in [-0.05, 0) is 41.1 Å². The van der Waals surface area contributed by atoms with E-state index in [0.29, 0.717) is 0 Å². The Kier molecular flexibility index (Phi) is 2.86. The second kappa shape index (κ2) is 4.13. The summed E-state index contributed by atoms with van der Waals surface area (Å²) in [6.45, 7) is 2.15. The molecule has 0 spiro atoms. The minimum atomic E-state index is 1.01. The molecule has 72 valence electrons. The lowest BCUT2D eigenvalue weighted by molar-refractivity contribution is 0.812. The third-order valence-corrected chi connectivity index (χ3v) is 3.05. The molecule has 0 aliphatic heterocycles. The zero-order valence-electron chi connectivity index (χ0n) is 7.94. The van der Waals surface area contributed by atoms with Crippen molar-refractivity contribution in [3.63, 3.8) is 0 Å². The van der Waals surface area contributed by atoms with Crippen LogP contribution in [0.25, 0.3) is 5.69 Å². The van der Waals surface area contributed by atoms with Gasteiger partial charge in [-0.25, -0.2) is 4.68 Å². The van der Waals surface area contributed by atoms with E-state index in [1.807, 2.05) is 29.1 Å². The average Bonchev–Trinajstić information content (AvgIpc) is 2.61. The number of benzene rings is 1. The van der Waals surface area contributed by atoms with E-state index in [2.05, 4.69) is 46.7 Å². The van der Waals surface area contributed by atoms with Crippen molar-refractivity contribution in [3.8, 4) is 5.69 Å². The van der Waals surface area contributed by atoms with Crippen molar-refractivity contribution in [2.75, 3.05) is 0 Å². The maximum absolute atomic E-state index is 4.37. The Morgan fingerprint density at radius 2 is 2.00 bits per heavy atom. The molecule has 3 heteroatoms. The Labute approximate surface area is 97.1 Å².